The zero-order chi connectivity index (χ0) is 12.4. The van der Waals surface area contributed by atoms with Crippen LogP contribution in [0.2, 0.25) is 0 Å². The molecule has 2 rings (SSSR count). The van der Waals surface area contributed by atoms with E-state index in [-0.39, 0.29) is 12.0 Å². The van der Waals surface area contributed by atoms with E-state index in [1.807, 2.05) is 6.92 Å². The molecule has 0 amide bonds. The van der Waals surface area contributed by atoms with Gasteiger partial charge in [0.1, 0.15) is 12.1 Å². The highest BCUT2D eigenvalue weighted by atomic mass is 79.9. The van der Waals surface area contributed by atoms with Crippen molar-refractivity contribution in [3.8, 4) is 0 Å². The molecule has 1 fully saturated rings. The van der Waals surface area contributed by atoms with Gasteiger partial charge in [0.2, 0.25) is 0 Å². The molecule has 0 spiro atoms. The Balaban J connectivity index is 2.15. The van der Waals surface area contributed by atoms with Gasteiger partial charge < -0.3 is 10.0 Å². The highest BCUT2D eigenvalue weighted by Gasteiger charge is 2.30. The SMILES string of the molecule is C[C@@H]1C[C@H](C(=O)O)CCN1c1ncncc1Br. The molecule has 92 valence electrons. The van der Waals surface area contributed by atoms with Crippen molar-refractivity contribution in [3.63, 3.8) is 0 Å². The molecule has 1 aliphatic rings. The molecular weight excluding hydrogens is 286 g/mol. The van der Waals surface area contributed by atoms with Crippen molar-refractivity contribution in [3.05, 3.63) is 17.0 Å². The second kappa shape index (κ2) is 5.00. The van der Waals surface area contributed by atoms with E-state index in [9.17, 15) is 4.79 Å². The fraction of sp³-hybridized carbons (Fsp3) is 0.545. The van der Waals surface area contributed by atoms with Gasteiger partial charge in [0.25, 0.3) is 0 Å². The van der Waals surface area contributed by atoms with Gasteiger partial charge in [-0.1, -0.05) is 0 Å². The molecule has 0 aromatic carbocycles. The summed E-state index contributed by atoms with van der Waals surface area (Å²) in [6, 6.07) is 0.177. The number of halogens is 1. The van der Waals surface area contributed by atoms with Crippen LogP contribution in [0.3, 0.4) is 0 Å². The van der Waals surface area contributed by atoms with Crippen LogP contribution in [0.4, 0.5) is 5.82 Å². The van der Waals surface area contributed by atoms with Crippen LogP contribution in [0.15, 0.2) is 17.0 Å². The third-order valence-corrected chi connectivity index (χ3v) is 3.71. The Morgan fingerprint density at radius 2 is 2.41 bits per heavy atom. The van der Waals surface area contributed by atoms with Crippen molar-refractivity contribution >= 4 is 27.7 Å². The summed E-state index contributed by atoms with van der Waals surface area (Å²) in [4.78, 5) is 21.3. The zero-order valence-corrected chi connectivity index (χ0v) is 11.1. The topological polar surface area (TPSA) is 66.3 Å². The van der Waals surface area contributed by atoms with Gasteiger partial charge in [-0.25, -0.2) is 9.97 Å². The first-order valence-corrected chi connectivity index (χ1v) is 6.34. The first kappa shape index (κ1) is 12.3. The number of aliphatic carboxylic acids is 1. The lowest BCUT2D eigenvalue weighted by atomic mass is 9.92. The van der Waals surface area contributed by atoms with Crippen molar-refractivity contribution in [2.24, 2.45) is 5.92 Å². The number of hydrogen-bond acceptors (Lipinski definition) is 4. The average molecular weight is 300 g/mol. The Hall–Kier alpha value is -1.17. The van der Waals surface area contributed by atoms with Gasteiger partial charge in [0, 0.05) is 18.8 Å². The Bertz CT molecular complexity index is 427. The van der Waals surface area contributed by atoms with Crippen molar-refractivity contribution in [1.29, 1.82) is 0 Å². The Kier molecular flexibility index (Phi) is 3.61. The number of rotatable bonds is 2. The molecule has 2 atom stereocenters. The fourth-order valence-corrected chi connectivity index (χ4v) is 2.68. The molecule has 1 aromatic rings. The number of piperidine rings is 1. The minimum atomic E-state index is -0.696. The van der Waals surface area contributed by atoms with Gasteiger partial charge in [0.05, 0.1) is 10.4 Å². The number of nitrogens with zero attached hydrogens (tertiary/aromatic N) is 3. The molecule has 5 nitrogen and oxygen atoms in total. The van der Waals surface area contributed by atoms with E-state index < -0.39 is 5.97 Å². The molecule has 1 N–H and O–H groups in total. The third-order valence-electron chi connectivity index (χ3n) is 3.15. The lowest BCUT2D eigenvalue weighted by Gasteiger charge is -2.37. The second-order valence-electron chi connectivity index (χ2n) is 4.30. The average Bonchev–Trinajstić information content (AvgIpc) is 2.30. The maximum absolute atomic E-state index is 11.0. The van der Waals surface area contributed by atoms with Crippen molar-refractivity contribution in [2.75, 3.05) is 11.4 Å². The second-order valence-corrected chi connectivity index (χ2v) is 5.15. The van der Waals surface area contributed by atoms with Crippen LogP contribution in [0, 0.1) is 5.92 Å². The van der Waals surface area contributed by atoms with Crippen LogP contribution in [-0.2, 0) is 4.79 Å². The molecule has 17 heavy (non-hydrogen) atoms. The molecule has 1 saturated heterocycles. The highest BCUT2D eigenvalue weighted by molar-refractivity contribution is 9.10. The summed E-state index contributed by atoms with van der Waals surface area (Å²) in [5.74, 6) is -0.0866. The summed E-state index contributed by atoms with van der Waals surface area (Å²) in [6.07, 6.45) is 4.54. The van der Waals surface area contributed by atoms with Crippen molar-refractivity contribution < 1.29 is 9.90 Å². The number of hydrogen-bond donors (Lipinski definition) is 1. The number of carboxylic acids is 1. The minimum absolute atomic E-state index is 0.177. The number of carboxylic acid groups (broad SMARTS) is 1. The summed E-state index contributed by atoms with van der Waals surface area (Å²) < 4.78 is 0.848. The lowest BCUT2D eigenvalue weighted by Crippen LogP contribution is -2.43. The van der Waals surface area contributed by atoms with Gasteiger partial charge in [-0.3, -0.25) is 4.79 Å². The van der Waals surface area contributed by atoms with Gasteiger partial charge in [0.15, 0.2) is 0 Å². The summed E-state index contributed by atoms with van der Waals surface area (Å²) in [6.45, 7) is 2.75. The normalized spacial score (nSPS) is 24.7. The predicted molar refractivity (Wildman–Crippen MR) is 66.9 cm³/mol. The Morgan fingerprint density at radius 1 is 1.65 bits per heavy atom. The van der Waals surface area contributed by atoms with Crippen LogP contribution in [-0.4, -0.2) is 33.6 Å². The van der Waals surface area contributed by atoms with E-state index in [1.165, 1.54) is 6.33 Å². The molecule has 0 radical (unpaired) electrons. The monoisotopic (exact) mass is 299 g/mol. The predicted octanol–water partition coefficient (Wildman–Crippen LogP) is 1.93. The number of anilines is 1. The maximum Gasteiger partial charge on any atom is 0.306 e. The maximum atomic E-state index is 11.0. The molecule has 0 unspecified atom stereocenters. The van der Waals surface area contributed by atoms with Gasteiger partial charge in [-0.15, -0.1) is 0 Å². The quantitative estimate of drug-likeness (QED) is 0.904. The van der Waals surface area contributed by atoms with E-state index in [4.69, 9.17) is 5.11 Å². The van der Waals surface area contributed by atoms with Crippen LogP contribution in [0.25, 0.3) is 0 Å². The van der Waals surface area contributed by atoms with Gasteiger partial charge in [-0.05, 0) is 35.7 Å². The van der Waals surface area contributed by atoms with E-state index in [2.05, 4.69) is 30.8 Å². The van der Waals surface area contributed by atoms with E-state index in [1.54, 1.807) is 6.20 Å². The Labute approximate surface area is 108 Å². The van der Waals surface area contributed by atoms with Crippen LogP contribution in [0.5, 0.6) is 0 Å². The van der Waals surface area contributed by atoms with E-state index in [0.717, 1.165) is 10.3 Å². The van der Waals surface area contributed by atoms with Crippen molar-refractivity contribution in [2.45, 2.75) is 25.8 Å². The number of carbonyl (C=O) groups is 1. The highest BCUT2D eigenvalue weighted by Crippen LogP contribution is 2.30. The molecule has 2 heterocycles. The van der Waals surface area contributed by atoms with Crippen LogP contribution >= 0.6 is 15.9 Å². The minimum Gasteiger partial charge on any atom is -0.481 e. The molecule has 0 aliphatic carbocycles. The number of aromatic nitrogens is 2. The molecule has 0 bridgehead atoms. The fourth-order valence-electron chi connectivity index (χ4n) is 2.23. The third kappa shape index (κ3) is 2.57. The summed E-state index contributed by atoms with van der Waals surface area (Å²) in [5.41, 5.74) is 0. The Morgan fingerprint density at radius 3 is 3.00 bits per heavy atom. The smallest absolute Gasteiger partial charge is 0.306 e. The molecular formula is C11H14BrN3O2. The lowest BCUT2D eigenvalue weighted by molar-refractivity contribution is -0.142. The zero-order valence-electron chi connectivity index (χ0n) is 9.51. The van der Waals surface area contributed by atoms with E-state index >= 15 is 0 Å². The summed E-state index contributed by atoms with van der Waals surface area (Å²) >= 11 is 3.42. The molecule has 0 saturated carbocycles. The van der Waals surface area contributed by atoms with Crippen molar-refractivity contribution in [1.82, 2.24) is 9.97 Å². The molecule has 1 aliphatic heterocycles. The summed E-state index contributed by atoms with van der Waals surface area (Å²) in [5, 5.41) is 9.01. The van der Waals surface area contributed by atoms with Gasteiger partial charge >= 0.3 is 5.97 Å². The summed E-state index contributed by atoms with van der Waals surface area (Å²) in [7, 11) is 0. The van der Waals surface area contributed by atoms with Gasteiger partial charge in [-0.2, -0.15) is 0 Å². The largest absolute Gasteiger partial charge is 0.481 e. The first-order chi connectivity index (χ1) is 8.09. The standard InChI is InChI=1S/C11H14BrN3O2/c1-7-4-8(11(16)17)2-3-15(7)10-9(12)5-13-6-14-10/h5-8H,2-4H2,1H3,(H,16,17)/t7-,8-/m1/s1. The van der Waals surface area contributed by atoms with E-state index in [0.29, 0.717) is 19.4 Å². The first-order valence-electron chi connectivity index (χ1n) is 5.54. The van der Waals surface area contributed by atoms with Crippen LogP contribution in [0.1, 0.15) is 19.8 Å². The molecule has 1 aromatic heterocycles. The molecule has 6 heteroatoms. The van der Waals surface area contributed by atoms with Crippen LogP contribution < -0.4 is 4.90 Å².